The molecule has 1 aliphatic rings. The quantitative estimate of drug-likeness (QED) is 0.640. The zero-order chi connectivity index (χ0) is 22.7. The highest BCUT2D eigenvalue weighted by atomic mass is 16.5. The van der Waals surface area contributed by atoms with Crippen LogP contribution in [0, 0.1) is 0 Å². The average molecular weight is 434 g/mol. The van der Waals surface area contributed by atoms with E-state index in [-0.39, 0.29) is 23.1 Å². The molecule has 1 saturated heterocycles. The molecular weight excluding hydrogens is 408 g/mol. The summed E-state index contributed by atoms with van der Waals surface area (Å²) in [6.45, 7) is 7.25. The minimum Gasteiger partial charge on any atom is -0.451 e. The molecule has 2 aromatic heterocycles. The summed E-state index contributed by atoms with van der Waals surface area (Å²) in [4.78, 5) is 36.6. The molecule has 3 heterocycles. The van der Waals surface area contributed by atoms with Gasteiger partial charge in [-0.1, -0.05) is 39.0 Å². The number of hydrogen-bond donors (Lipinski definition) is 1. The van der Waals surface area contributed by atoms with Gasteiger partial charge in [-0.3, -0.25) is 19.5 Å². The SMILES string of the molecule is CC(C)(C)c1ccc(N(C(=O)c2cocn2)C(C(=O)NC2COC2)c2cccnc2)cc1. The molecule has 8 nitrogen and oxygen atoms in total. The summed E-state index contributed by atoms with van der Waals surface area (Å²) in [6.07, 6.45) is 5.68. The molecule has 166 valence electrons. The minimum absolute atomic E-state index is 0.0518. The lowest BCUT2D eigenvalue weighted by Gasteiger charge is -2.34. The van der Waals surface area contributed by atoms with Crippen LogP contribution in [0.1, 0.15) is 48.4 Å². The minimum atomic E-state index is -0.950. The predicted octanol–water partition coefficient (Wildman–Crippen LogP) is 3.27. The first-order valence-electron chi connectivity index (χ1n) is 10.4. The van der Waals surface area contributed by atoms with Crippen LogP contribution in [0.3, 0.4) is 0 Å². The Morgan fingerprint density at radius 2 is 1.91 bits per heavy atom. The smallest absolute Gasteiger partial charge is 0.281 e. The molecule has 8 heteroatoms. The molecule has 2 amide bonds. The van der Waals surface area contributed by atoms with Gasteiger partial charge in [0.1, 0.15) is 12.3 Å². The number of rotatable bonds is 6. The van der Waals surface area contributed by atoms with Gasteiger partial charge in [0.25, 0.3) is 5.91 Å². The van der Waals surface area contributed by atoms with Gasteiger partial charge in [0.05, 0.1) is 19.3 Å². The van der Waals surface area contributed by atoms with Crippen LogP contribution in [-0.2, 0) is 14.9 Å². The summed E-state index contributed by atoms with van der Waals surface area (Å²) in [5.41, 5.74) is 2.33. The Balaban J connectivity index is 1.79. The number of nitrogens with zero attached hydrogens (tertiary/aromatic N) is 3. The number of amides is 2. The fraction of sp³-hybridized carbons (Fsp3) is 0.333. The molecule has 1 unspecified atom stereocenters. The molecule has 1 N–H and O–H groups in total. The fourth-order valence-electron chi connectivity index (χ4n) is 3.50. The molecule has 3 aromatic rings. The standard InChI is InChI=1S/C24H26N4O4/c1-24(2,3)17-6-8-19(9-7-17)28(23(30)20-14-32-15-26-20)21(16-5-4-10-25-11-16)22(29)27-18-12-31-13-18/h4-11,14-15,18,21H,12-13H2,1-3H3,(H,27,29). The van der Waals surface area contributed by atoms with Crippen LogP contribution in [-0.4, -0.2) is 41.0 Å². The molecule has 1 aliphatic heterocycles. The molecule has 0 aliphatic carbocycles. The molecule has 0 saturated carbocycles. The molecule has 4 rings (SSSR count). The van der Waals surface area contributed by atoms with E-state index >= 15 is 0 Å². The number of ether oxygens (including phenoxy) is 1. The van der Waals surface area contributed by atoms with E-state index in [1.165, 1.54) is 17.6 Å². The predicted molar refractivity (Wildman–Crippen MR) is 118 cm³/mol. The number of aromatic nitrogens is 2. The lowest BCUT2D eigenvalue weighted by Crippen LogP contribution is -2.53. The Morgan fingerprint density at radius 1 is 1.16 bits per heavy atom. The number of oxazole rings is 1. The summed E-state index contributed by atoms with van der Waals surface area (Å²) in [7, 11) is 0. The summed E-state index contributed by atoms with van der Waals surface area (Å²) in [5.74, 6) is -0.765. The van der Waals surface area contributed by atoms with Crippen molar-refractivity contribution in [3.05, 3.63) is 78.3 Å². The monoisotopic (exact) mass is 434 g/mol. The first kappa shape index (κ1) is 21.7. The number of pyridine rings is 1. The van der Waals surface area contributed by atoms with Gasteiger partial charge < -0.3 is 14.5 Å². The van der Waals surface area contributed by atoms with Gasteiger partial charge in [0.15, 0.2) is 12.1 Å². The van der Waals surface area contributed by atoms with Crippen molar-refractivity contribution in [3.63, 3.8) is 0 Å². The van der Waals surface area contributed by atoms with Crippen molar-refractivity contribution in [2.24, 2.45) is 0 Å². The zero-order valence-corrected chi connectivity index (χ0v) is 18.3. The van der Waals surface area contributed by atoms with Crippen LogP contribution in [0.2, 0.25) is 0 Å². The van der Waals surface area contributed by atoms with Crippen molar-refractivity contribution in [2.75, 3.05) is 18.1 Å². The highest BCUT2D eigenvalue weighted by Gasteiger charge is 2.36. The summed E-state index contributed by atoms with van der Waals surface area (Å²) < 4.78 is 10.2. The van der Waals surface area contributed by atoms with Gasteiger partial charge in [-0.2, -0.15) is 0 Å². The topological polar surface area (TPSA) is 97.6 Å². The second kappa shape index (κ2) is 8.92. The Kier molecular flexibility index (Phi) is 6.05. The van der Waals surface area contributed by atoms with Gasteiger partial charge in [-0.25, -0.2) is 4.98 Å². The normalized spacial score (nSPS) is 15.0. The van der Waals surface area contributed by atoms with Crippen LogP contribution < -0.4 is 10.2 Å². The number of carbonyl (C=O) groups is 2. The Morgan fingerprint density at radius 3 is 2.44 bits per heavy atom. The van der Waals surface area contributed by atoms with Gasteiger partial charge in [0.2, 0.25) is 5.91 Å². The van der Waals surface area contributed by atoms with E-state index in [0.717, 1.165) is 5.56 Å². The third-order valence-corrected chi connectivity index (χ3v) is 5.37. The number of carbonyl (C=O) groups excluding carboxylic acids is 2. The molecular formula is C24H26N4O4. The first-order chi connectivity index (χ1) is 15.3. The highest BCUT2D eigenvalue weighted by Crippen LogP contribution is 2.32. The first-order valence-corrected chi connectivity index (χ1v) is 10.4. The van der Waals surface area contributed by atoms with Crippen LogP contribution in [0.15, 0.2) is 65.9 Å². The van der Waals surface area contributed by atoms with Crippen LogP contribution >= 0.6 is 0 Å². The zero-order valence-electron chi connectivity index (χ0n) is 18.3. The summed E-state index contributed by atoms with van der Waals surface area (Å²) in [5, 5.41) is 2.97. The molecule has 1 atom stereocenters. The molecule has 0 bridgehead atoms. The van der Waals surface area contributed by atoms with E-state index in [9.17, 15) is 9.59 Å². The molecule has 0 radical (unpaired) electrons. The summed E-state index contributed by atoms with van der Waals surface area (Å²) >= 11 is 0. The maximum absolute atomic E-state index is 13.6. The van der Waals surface area contributed by atoms with E-state index in [1.807, 2.05) is 24.3 Å². The lowest BCUT2D eigenvalue weighted by atomic mass is 9.87. The Bertz CT molecular complexity index is 1060. The number of anilines is 1. The van der Waals surface area contributed by atoms with Crippen molar-refractivity contribution < 1.29 is 18.7 Å². The Hall–Kier alpha value is -3.52. The number of benzene rings is 1. The second-order valence-corrected chi connectivity index (χ2v) is 8.78. The number of hydrogen-bond acceptors (Lipinski definition) is 6. The van der Waals surface area contributed by atoms with Crippen molar-refractivity contribution >= 4 is 17.5 Å². The Labute approximate surface area is 186 Å². The third-order valence-electron chi connectivity index (χ3n) is 5.37. The maximum Gasteiger partial charge on any atom is 0.281 e. The van der Waals surface area contributed by atoms with Crippen molar-refractivity contribution in [3.8, 4) is 0 Å². The molecule has 0 spiro atoms. The second-order valence-electron chi connectivity index (χ2n) is 8.78. The largest absolute Gasteiger partial charge is 0.451 e. The van der Waals surface area contributed by atoms with Gasteiger partial charge in [-0.05, 0) is 29.2 Å². The van der Waals surface area contributed by atoms with Gasteiger partial charge in [0, 0.05) is 23.6 Å². The van der Waals surface area contributed by atoms with E-state index in [0.29, 0.717) is 24.5 Å². The van der Waals surface area contributed by atoms with Crippen molar-refractivity contribution in [1.29, 1.82) is 0 Å². The van der Waals surface area contributed by atoms with E-state index < -0.39 is 11.9 Å². The van der Waals surface area contributed by atoms with E-state index in [4.69, 9.17) is 9.15 Å². The molecule has 1 fully saturated rings. The van der Waals surface area contributed by atoms with Crippen molar-refractivity contribution in [2.45, 2.75) is 38.3 Å². The lowest BCUT2D eigenvalue weighted by molar-refractivity contribution is -0.126. The van der Waals surface area contributed by atoms with Gasteiger partial charge >= 0.3 is 0 Å². The molecule has 32 heavy (non-hydrogen) atoms. The van der Waals surface area contributed by atoms with Crippen LogP contribution in [0.5, 0.6) is 0 Å². The highest BCUT2D eigenvalue weighted by molar-refractivity contribution is 6.09. The van der Waals surface area contributed by atoms with Gasteiger partial charge in [-0.15, -0.1) is 0 Å². The van der Waals surface area contributed by atoms with Crippen LogP contribution in [0.4, 0.5) is 5.69 Å². The third kappa shape index (κ3) is 4.55. The fourth-order valence-corrected chi connectivity index (χ4v) is 3.50. The molecule has 1 aromatic carbocycles. The van der Waals surface area contributed by atoms with E-state index in [2.05, 4.69) is 36.1 Å². The van der Waals surface area contributed by atoms with Crippen LogP contribution in [0.25, 0.3) is 0 Å². The van der Waals surface area contributed by atoms with E-state index in [1.54, 1.807) is 24.5 Å². The number of nitrogens with one attached hydrogen (secondary N) is 1. The average Bonchev–Trinajstić information content (AvgIpc) is 3.29. The maximum atomic E-state index is 13.6. The van der Waals surface area contributed by atoms with Crippen molar-refractivity contribution in [1.82, 2.24) is 15.3 Å². The summed E-state index contributed by atoms with van der Waals surface area (Å²) in [6, 6.07) is 10.1.